The van der Waals surface area contributed by atoms with Gasteiger partial charge in [-0.3, -0.25) is 14.9 Å². The van der Waals surface area contributed by atoms with Gasteiger partial charge in [0.1, 0.15) is 11.5 Å². The van der Waals surface area contributed by atoms with Crippen molar-refractivity contribution >= 4 is 29.4 Å². The Morgan fingerprint density at radius 1 is 1.27 bits per heavy atom. The predicted octanol–water partition coefficient (Wildman–Crippen LogP) is 1.84. The molecule has 4 rings (SSSR count). The van der Waals surface area contributed by atoms with Crippen LogP contribution >= 0.6 is 0 Å². The van der Waals surface area contributed by atoms with E-state index in [2.05, 4.69) is 15.6 Å². The van der Waals surface area contributed by atoms with Crippen LogP contribution < -0.4 is 15.4 Å². The molecule has 2 N–H and O–H groups in total. The lowest BCUT2D eigenvalue weighted by molar-refractivity contribution is -0.127. The number of fused-ring (bicyclic) bond motifs is 1. The number of ether oxygens (including phenoxy) is 1. The van der Waals surface area contributed by atoms with Crippen LogP contribution in [0.5, 0.6) is 5.75 Å². The highest BCUT2D eigenvalue weighted by atomic mass is 16.5. The molecule has 3 heterocycles. The fourth-order valence-corrected chi connectivity index (χ4v) is 3.56. The van der Waals surface area contributed by atoms with Crippen LogP contribution in [0.2, 0.25) is 0 Å². The number of aromatic nitrogens is 1. The summed E-state index contributed by atoms with van der Waals surface area (Å²) in [4.78, 5) is 42.2. The highest BCUT2D eigenvalue weighted by Gasteiger charge is 2.51. The molecule has 154 valence electrons. The zero-order valence-corrected chi connectivity index (χ0v) is 16.5. The van der Waals surface area contributed by atoms with Crippen LogP contribution in [0.25, 0.3) is 11.1 Å². The summed E-state index contributed by atoms with van der Waals surface area (Å²) in [6, 6.07) is 10.0. The molecule has 1 aliphatic heterocycles. The van der Waals surface area contributed by atoms with Crippen molar-refractivity contribution in [3.63, 3.8) is 0 Å². The number of methoxy groups -OCH3 is 1. The van der Waals surface area contributed by atoms with Gasteiger partial charge in [-0.05, 0) is 48.4 Å². The topological polar surface area (TPSA) is 114 Å². The zero-order chi connectivity index (χ0) is 21.3. The average molecular weight is 408 g/mol. The van der Waals surface area contributed by atoms with Gasteiger partial charge >= 0.3 is 6.03 Å². The zero-order valence-electron chi connectivity index (χ0n) is 16.5. The first-order chi connectivity index (χ1) is 14.4. The highest BCUT2D eigenvalue weighted by molar-refractivity contribution is 6.07. The second-order valence-corrected chi connectivity index (χ2v) is 7.12. The Hall–Kier alpha value is -3.88. The van der Waals surface area contributed by atoms with Crippen molar-refractivity contribution in [2.45, 2.75) is 19.0 Å². The summed E-state index contributed by atoms with van der Waals surface area (Å²) >= 11 is 0. The SMILES string of the molecule is COc1ccc(CN(C=O)C[C@@]2(c3cc4cccnc4o3)NC(=O)NC2=O)c(C)c1. The molecule has 9 heteroatoms. The van der Waals surface area contributed by atoms with Gasteiger partial charge in [0.05, 0.1) is 13.7 Å². The minimum atomic E-state index is -1.56. The Morgan fingerprint density at radius 2 is 2.10 bits per heavy atom. The molecule has 1 atom stereocenters. The summed E-state index contributed by atoms with van der Waals surface area (Å²) < 4.78 is 11.0. The quantitative estimate of drug-likeness (QED) is 0.456. The normalized spacial score (nSPS) is 18.2. The number of furan rings is 1. The third kappa shape index (κ3) is 3.34. The van der Waals surface area contributed by atoms with Gasteiger partial charge in [-0.25, -0.2) is 9.78 Å². The van der Waals surface area contributed by atoms with E-state index in [1.807, 2.05) is 19.1 Å². The molecule has 0 saturated carbocycles. The van der Waals surface area contributed by atoms with Crippen molar-refractivity contribution in [3.05, 3.63) is 59.5 Å². The van der Waals surface area contributed by atoms with Gasteiger partial charge in [0.2, 0.25) is 12.1 Å². The number of carbonyl (C=O) groups is 3. The summed E-state index contributed by atoms with van der Waals surface area (Å²) in [5, 5.41) is 5.56. The van der Waals surface area contributed by atoms with E-state index in [4.69, 9.17) is 9.15 Å². The van der Waals surface area contributed by atoms with E-state index in [0.717, 1.165) is 11.1 Å². The minimum absolute atomic E-state index is 0.112. The maximum absolute atomic E-state index is 12.8. The van der Waals surface area contributed by atoms with Gasteiger partial charge in [-0.1, -0.05) is 6.07 Å². The molecule has 1 aliphatic rings. The molecule has 1 fully saturated rings. The van der Waals surface area contributed by atoms with Crippen LogP contribution in [0.3, 0.4) is 0 Å². The second-order valence-electron chi connectivity index (χ2n) is 7.12. The number of rotatable bonds is 7. The Morgan fingerprint density at radius 3 is 2.73 bits per heavy atom. The van der Waals surface area contributed by atoms with Crippen LogP contribution in [-0.4, -0.2) is 41.9 Å². The molecule has 0 unspecified atom stereocenters. The number of benzene rings is 1. The maximum atomic E-state index is 12.8. The maximum Gasteiger partial charge on any atom is 0.322 e. The highest BCUT2D eigenvalue weighted by Crippen LogP contribution is 2.31. The minimum Gasteiger partial charge on any atom is -0.497 e. The Kier molecular flexibility index (Phi) is 4.86. The van der Waals surface area contributed by atoms with Crippen LogP contribution in [0.15, 0.2) is 47.0 Å². The molecule has 0 bridgehead atoms. The molecule has 9 nitrogen and oxygen atoms in total. The molecular weight excluding hydrogens is 388 g/mol. The first kappa shape index (κ1) is 19.4. The summed E-state index contributed by atoms with van der Waals surface area (Å²) in [6.07, 6.45) is 2.21. The number of urea groups is 1. The second kappa shape index (κ2) is 7.51. The predicted molar refractivity (Wildman–Crippen MR) is 107 cm³/mol. The van der Waals surface area contributed by atoms with Gasteiger partial charge in [0.25, 0.3) is 5.91 Å². The number of hydrogen-bond acceptors (Lipinski definition) is 6. The lowest BCUT2D eigenvalue weighted by Gasteiger charge is -2.29. The number of nitrogens with zero attached hydrogens (tertiary/aromatic N) is 2. The van der Waals surface area contributed by atoms with Gasteiger partial charge in [-0.2, -0.15) is 0 Å². The van der Waals surface area contributed by atoms with E-state index in [1.54, 1.807) is 37.6 Å². The smallest absolute Gasteiger partial charge is 0.322 e. The first-order valence-corrected chi connectivity index (χ1v) is 9.26. The van der Waals surface area contributed by atoms with E-state index in [9.17, 15) is 14.4 Å². The van der Waals surface area contributed by atoms with Crippen molar-refractivity contribution in [2.24, 2.45) is 0 Å². The van der Waals surface area contributed by atoms with Crippen LogP contribution in [0.4, 0.5) is 4.79 Å². The average Bonchev–Trinajstić information content (AvgIpc) is 3.29. The first-order valence-electron chi connectivity index (χ1n) is 9.26. The Balaban J connectivity index is 1.68. The molecule has 2 aromatic heterocycles. The van der Waals surface area contributed by atoms with Crippen molar-refractivity contribution in [1.29, 1.82) is 0 Å². The number of nitrogens with one attached hydrogen (secondary N) is 2. The van der Waals surface area contributed by atoms with Crippen LogP contribution in [-0.2, 0) is 21.7 Å². The molecule has 0 aliphatic carbocycles. The van der Waals surface area contributed by atoms with Gasteiger partial charge in [0.15, 0.2) is 5.54 Å². The van der Waals surface area contributed by atoms with Gasteiger partial charge in [0, 0.05) is 18.1 Å². The molecular formula is C21H20N4O5. The number of aryl methyl sites for hydroxylation is 1. The van der Waals surface area contributed by atoms with Crippen molar-refractivity contribution in [1.82, 2.24) is 20.5 Å². The summed E-state index contributed by atoms with van der Waals surface area (Å²) in [7, 11) is 1.58. The summed E-state index contributed by atoms with van der Waals surface area (Å²) in [6.45, 7) is 2.04. The molecule has 1 aromatic carbocycles. The van der Waals surface area contributed by atoms with E-state index in [1.165, 1.54) is 4.90 Å². The number of hydrogen-bond donors (Lipinski definition) is 2. The molecule has 3 aromatic rings. The summed E-state index contributed by atoms with van der Waals surface area (Å²) in [5.41, 5.74) is 0.598. The third-order valence-corrected chi connectivity index (χ3v) is 5.17. The standard InChI is InChI=1S/C21H20N4O5/c1-13-8-16(29-2)6-5-15(13)10-25(12-26)11-21(19(27)23-20(28)24-21)17-9-14-4-3-7-22-18(14)30-17/h3-9,12H,10-11H2,1-2H3,(H2,23,24,27,28)/t21-/m0/s1. The molecule has 4 amide bonds. The van der Waals surface area contributed by atoms with E-state index in [-0.39, 0.29) is 18.8 Å². The van der Waals surface area contributed by atoms with Crippen molar-refractivity contribution in [3.8, 4) is 5.75 Å². The fraction of sp³-hybridized carbons (Fsp3) is 0.238. The van der Waals surface area contributed by atoms with E-state index < -0.39 is 17.5 Å². The van der Waals surface area contributed by atoms with E-state index >= 15 is 0 Å². The molecule has 0 radical (unpaired) electrons. The largest absolute Gasteiger partial charge is 0.497 e. The van der Waals surface area contributed by atoms with E-state index in [0.29, 0.717) is 23.3 Å². The number of carbonyl (C=O) groups excluding carboxylic acids is 3. The fourth-order valence-electron chi connectivity index (χ4n) is 3.56. The van der Waals surface area contributed by atoms with Gasteiger partial charge < -0.3 is 19.4 Å². The van der Waals surface area contributed by atoms with Crippen molar-refractivity contribution in [2.75, 3.05) is 13.7 Å². The lowest BCUT2D eigenvalue weighted by atomic mass is 9.95. The number of pyridine rings is 1. The van der Waals surface area contributed by atoms with Gasteiger partial charge in [-0.15, -0.1) is 0 Å². The molecule has 0 spiro atoms. The summed E-state index contributed by atoms with van der Waals surface area (Å²) in [5.74, 6) is 0.324. The number of amides is 4. The van der Waals surface area contributed by atoms with Crippen LogP contribution in [0, 0.1) is 6.92 Å². The Labute approximate surface area is 172 Å². The monoisotopic (exact) mass is 408 g/mol. The molecule has 30 heavy (non-hydrogen) atoms. The van der Waals surface area contributed by atoms with Crippen LogP contribution in [0.1, 0.15) is 16.9 Å². The Bertz CT molecular complexity index is 1110. The van der Waals surface area contributed by atoms with Crippen molar-refractivity contribution < 1.29 is 23.5 Å². The number of imide groups is 1. The lowest BCUT2D eigenvalue weighted by Crippen LogP contribution is -2.52. The molecule has 1 saturated heterocycles. The third-order valence-electron chi connectivity index (χ3n) is 5.17.